The van der Waals surface area contributed by atoms with E-state index in [-0.39, 0.29) is 35.5 Å². The molecular formula is C26H33N5O5. The zero-order valence-electron chi connectivity index (χ0n) is 21.0. The van der Waals surface area contributed by atoms with Crippen LogP contribution in [0.1, 0.15) is 82.2 Å². The number of piperidine rings is 1. The monoisotopic (exact) mass is 495 g/mol. The number of amides is 3. The number of urea groups is 1. The minimum absolute atomic E-state index is 0.0286. The van der Waals surface area contributed by atoms with Crippen LogP contribution in [-0.4, -0.2) is 56.5 Å². The molecule has 2 aromatic rings. The number of hydrogen-bond acceptors (Lipinski definition) is 7. The molecular weight excluding hydrogens is 462 g/mol. The topological polar surface area (TPSA) is 110 Å². The van der Waals surface area contributed by atoms with Crippen LogP contribution in [0.5, 0.6) is 0 Å². The van der Waals surface area contributed by atoms with Crippen molar-refractivity contribution in [2.24, 2.45) is 5.41 Å². The number of hydroxylamine groups is 2. The molecule has 2 aliphatic carbocycles. The van der Waals surface area contributed by atoms with Crippen molar-refractivity contribution < 1.29 is 23.6 Å². The van der Waals surface area contributed by atoms with Crippen molar-refractivity contribution in [3.8, 4) is 0 Å². The number of hydrogen-bond donors (Lipinski definition) is 1. The Hall–Kier alpha value is -3.14. The summed E-state index contributed by atoms with van der Waals surface area (Å²) in [6.45, 7) is 6.50. The molecule has 1 spiro atoms. The Morgan fingerprint density at radius 1 is 1.17 bits per heavy atom. The lowest BCUT2D eigenvalue weighted by Crippen LogP contribution is -2.45. The summed E-state index contributed by atoms with van der Waals surface area (Å²) in [5.41, 5.74) is 0.559. The van der Waals surface area contributed by atoms with E-state index in [1.54, 1.807) is 5.06 Å². The van der Waals surface area contributed by atoms with Gasteiger partial charge in [0, 0.05) is 18.5 Å². The molecule has 6 rings (SSSR count). The van der Waals surface area contributed by atoms with Crippen LogP contribution < -0.4 is 5.32 Å². The number of carbonyl (C=O) groups excluding carboxylic acids is 2. The van der Waals surface area contributed by atoms with Crippen LogP contribution in [0.2, 0.25) is 0 Å². The fourth-order valence-electron chi connectivity index (χ4n) is 5.67. The van der Waals surface area contributed by atoms with Gasteiger partial charge in [-0.1, -0.05) is 30.3 Å². The van der Waals surface area contributed by atoms with Crippen molar-refractivity contribution in [3.05, 3.63) is 47.7 Å². The third kappa shape index (κ3) is 4.31. The molecule has 0 unspecified atom stereocenters. The molecule has 2 aliphatic heterocycles. The number of alkyl carbamates (subject to hydrolysis) is 1. The van der Waals surface area contributed by atoms with Gasteiger partial charge in [-0.05, 0) is 63.9 Å². The molecule has 1 aromatic carbocycles. The molecule has 2 saturated heterocycles. The Bertz CT molecular complexity index is 1140. The SMILES string of the molecule is CC(C)(C)OC(=O)NC1CC(c2nnc([C@@H]3CC4(CC4)[C@H]4CN3C(=O)N4OCc3ccccc3)o2)C1. The number of nitrogens with zero attached hydrogens (tertiary/aromatic N) is 4. The lowest BCUT2D eigenvalue weighted by molar-refractivity contribution is -0.153. The standard InChI is InChI=1S/C26H33N5O5/c1-25(2,3)36-23(32)27-18-11-17(12-18)21-28-29-22(35-21)19-13-26(9-10-26)20-14-30(19)24(33)31(20)34-15-16-7-5-4-6-8-16/h4-8,17-20H,9-15H2,1-3H3,(H,27,32)/t17?,18?,19-,20+/m0/s1. The summed E-state index contributed by atoms with van der Waals surface area (Å²) >= 11 is 0. The average molecular weight is 496 g/mol. The summed E-state index contributed by atoms with van der Waals surface area (Å²) in [5.74, 6) is 1.16. The molecule has 2 bridgehead atoms. The van der Waals surface area contributed by atoms with Crippen molar-refractivity contribution >= 4 is 12.1 Å². The highest BCUT2D eigenvalue weighted by molar-refractivity contribution is 5.77. The van der Waals surface area contributed by atoms with Gasteiger partial charge >= 0.3 is 12.1 Å². The molecule has 1 N–H and O–H groups in total. The van der Waals surface area contributed by atoms with E-state index in [1.165, 1.54) is 0 Å². The number of fused-ring (bicyclic) bond motifs is 3. The molecule has 4 aliphatic rings. The molecule has 36 heavy (non-hydrogen) atoms. The van der Waals surface area contributed by atoms with Gasteiger partial charge in [-0.25, -0.2) is 9.59 Å². The molecule has 2 atom stereocenters. The van der Waals surface area contributed by atoms with Crippen LogP contribution in [0.4, 0.5) is 9.59 Å². The second-order valence-corrected chi connectivity index (χ2v) is 11.6. The number of rotatable bonds is 6. The number of carbonyl (C=O) groups is 2. The number of nitrogens with one attached hydrogen (secondary N) is 1. The lowest BCUT2D eigenvalue weighted by Gasteiger charge is -2.35. The highest BCUT2D eigenvalue weighted by atomic mass is 16.7. The first-order chi connectivity index (χ1) is 17.2. The van der Waals surface area contributed by atoms with Crippen LogP contribution in [0.15, 0.2) is 34.7 Å². The van der Waals surface area contributed by atoms with Crippen molar-refractivity contribution in [2.45, 2.75) is 89.1 Å². The predicted molar refractivity (Wildman–Crippen MR) is 127 cm³/mol. The Balaban J connectivity index is 1.09. The van der Waals surface area contributed by atoms with E-state index in [2.05, 4.69) is 15.5 Å². The Morgan fingerprint density at radius 2 is 1.89 bits per heavy atom. The minimum Gasteiger partial charge on any atom is -0.444 e. The van der Waals surface area contributed by atoms with Gasteiger partial charge in [0.2, 0.25) is 11.8 Å². The van der Waals surface area contributed by atoms with Crippen LogP contribution >= 0.6 is 0 Å². The van der Waals surface area contributed by atoms with Gasteiger partial charge in [0.05, 0.1) is 6.04 Å². The molecule has 2 saturated carbocycles. The largest absolute Gasteiger partial charge is 0.444 e. The fraction of sp³-hybridized carbons (Fsp3) is 0.615. The van der Waals surface area contributed by atoms with Gasteiger partial charge in [0.1, 0.15) is 18.2 Å². The predicted octanol–water partition coefficient (Wildman–Crippen LogP) is 4.30. The molecule has 10 nitrogen and oxygen atoms in total. The number of benzene rings is 1. The van der Waals surface area contributed by atoms with Crippen molar-refractivity contribution in [1.82, 2.24) is 25.5 Å². The second-order valence-electron chi connectivity index (χ2n) is 11.6. The number of ether oxygens (including phenoxy) is 1. The van der Waals surface area contributed by atoms with Crippen LogP contribution in [0.3, 0.4) is 0 Å². The van der Waals surface area contributed by atoms with Crippen molar-refractivity contribution in [2.75, 3.05) is 6.54 Å². The maximum absolute atomic E-state index is 13.3. The summed E-state index contributed by atoms with van der Waals surface area (Å²) in [6, 6.07) is 9.61. The zero-order valence-corrected chi connectivity index (χ0v) is 21.0. The average Bonchev–Trinajstić information content (AvgIpc) is 3.28. The van der Waals surface area contributed by atoms with Gasteiger partial charge in [-0.3, -0.25) is 4.84 Å². The van der Waals surface area contributed by atoms with E-state index >= 15 is 0 Å². The third-order valence-electron chi connectivity index (χ3n) is 7.82. The Morgan fingerprint density at radius 3 is 2.58 bits per heavy atom. The van der Waals surface area contributed by atoms with Gasteiger partial charge in [0.15, 0.2) is 0 Å². The minimum atomic E-state index is -0.526. The summed E-state index contributed by atoms with van der Waals surface area (Å²) in [5, 5.41) is 13.2. The summed E-state index contributed by atoms with van der Waals surface area (Å²) in [6.07, 6.45) is 3.99. The van der Waals surface area contributed by atoms with E-state index in [4.69, 9.17) is 14.0 Å². The van der Waals surface area contributed by atoms with E-state index < -0.39 is 11.7 Å². The summed E-state index contributed by atoms with van der Waals surface area (Å²) in [4.78, 5) is 33.2. The summed E-state index contributed by atoms with van der Waals surface area (Å²) in [7, 11) is 0. The molecule has 3 amide bonds. The van der Waals surface area contributed by atoms with Crippen molar-refractivity contribution in [1.29, 1.82) is 0 Å². The van der Waals surface area contributed by atoms with Crippen LogP contribution in [0.25, 0.3) is 0 Å². The highest BCUT2D eigenvalue weighted by Crippen LogP contribution is 2.61. The van der Waals surface area contributed by atoms with Gasteiger partial charge in [-0.15, -0.1) is 10.2 Å². The van der Waals surface area contributed by atoms with E-state index in [0.717, 1.165) is 37.7 Å². The molecule has 3 heterocycles. The van der Waals surface area contributed by atoms with Gasteiger partial charge in [-0.2, -0.15) is 5.06 Å². The maximum Gasteiger partial charge on any atom is 0.407 e. The molecule has 192 valence electrons. The molecule has 4 fully saturated rings. The van der Waals surface area contributed by atoms with Crippen LogP contribution in [0, 0.1) is 5.41 Å². The first kappa shape index (κ1) is 23.3. The Kier molecular flexibility index (Phi) is 5.47. The highest BCUT2D eigenvalue weighted by Gasteiger charge is 2.64. The fourth-order valence-corrected chi connectivity index (χ4v) is 5.67. The van der Waals surface area contributed by atoms with E-state index in [0.29, 0.717) is 24.9 Å². The first-order valence-corrected chi connectivity index (χ1v) is 12.8. The van der Waals surface area contributed by atoms with Gasteiger partial charge in [0.25, 0.3) is 0 Å². The van der Waals surface area contributed by atoms with Crippen LogP contribution in [-0.2, 0) is 16.2 Å². The molecule has 10 heteroatoms. The van der Waals surface area contributed by atoms with Crippen molar-refractivity contribution in [3.63, 3.8) is 0 Å². The Labute approximate surface area is 210 Å². The van der Waals surface area contributed by atoms with E-state index in [9.17, 15) is 9.59 Å². The normalized spacial score (nSPS) is 28.2. The lowest BCUT2D eigenvalue weighted by atomic mass is 9.80. The maximum atomic E-state index is 13.3. The smallest absolute Gasteiger partial charge is 0.407 e. The van der Waals surface area contributed by atoms with Gasteiger partial charge < -0.3 is 19.4 Å². The molecule has 1 aromatic heterocycles. The zero-order chi connectivity index (χ0) is 25.1. The molecule has 0 radical (unpaired) electrons. The third-order valence-corrected chi connectivity index (χ3v) is 7.82. The number of aromatic nitrogens is 2. The first-order valence-electron chi connectivity index (χ1n) is 12.8. The summed E-state index contributed by atoms with van der Waals surface area (Å²) < 4.78 is 11.5. The van der Waals surface area contributed by atoms with E-state index in [1.807, 2.05) is 56.0 Å². The quantitative estimate of drug-likeness (QED) is 0.636. The second kappa shape index (κ2) is 8.47.